The van der Waals surface area contributed by atoms with Gasteiger partial charge in [-0.15, -0.1) is 0 Å². The summed E-state index contributed by atoms with van der Waals surface area (Å²) in [7, 11) is 0. The molecule has 2 heterocycles. The molecular weight excluding hydrogens is 218 g/mol. The van der Waals surface area contributed by atoms with Gasteiger partial charge >= 0.3 is 5.69 Å². The first kappa shape index (κ1) is 11.7. The van der Waals surface area contributed by atoms with Gasteiger partial charge in [0.1, 0.15) is 5.82 Å². The van der Waals surface area contributed by atoms with Crippen LogP contribution in [0.3, 0.4) is 0 Å². The maximum absolute atomic E-state index is 11.8. The molecule has 2 rings (SSSR count). The van der Waals surface area contributed by atoms with Gasteiger partial charge in [-0.1, -0.05) is 6.58 Å². The van der Waals surface area contributed by atoms with Crippen LogP contribution in [0.25, 0.3) is 0 Å². The molecule has 0 saturated carbocycles. The fourth-order valence-corrected chi connectivity index (χ4v) is 2.25. The number of rotatable bonds is 2. The van der Waals surface area contributed by atoms with E-state index in [1.165, 1.54) is 0 Å². The quantitative estimate of drug-likeness (QED) is 0.638. The Balaban J connectivity index is 2.36. The molecule has 0 aliphatic carbocycles. The molecule has 1 saturated heterocycles. The predicted octanol–water partition coefficient (Wildman–Crippen LogP) is -0.551. The van der Waals surface area contributed by atoms with E-state index >= 15 is 0 Å². The minimum Gasteiger partial charge on any atom is -0.402 e. The van der Waals surface area contributed by atoms with Crippen molar-refractivity contribution in [1.82, 2.24) is 14.9 Å². The van der Waals surface area contributed by atoms with Gasteiger partial charge in [0, 0.05) is 24.4 Å². The van der Waals surface area contributed by atoms with Crippen molar-refractivity contribution in [3.05, 3.63) is 35.0 Å². The summed E-state index contributed by atoms with van der Waals surface area (Å²) in [4.78, 5) is 15.5. The Morgan fingerprint density at radius 2 is 2.41 bits per heavy atom. The monoisotopic (exact) mass is 235 g/mol. The largest absolute Gasteiger partial charge is 0.402 e. The zero-order chi connectivity index (χ0) is 12.4. The molecule has 2 unspecified atom stereocenters. The number of nitrogens with zero attached hydrogens (tertiary/aromatic N) is 2. The SMILES string of the molecule is C=C(N)C1CCNCC1n1ccc(N)nc1=O. The molecule has 1 aromatic rings. The smallest absolute Gasteiger partial charge is 0.349 e. The molecule has 1 fully saturated rings. The summed E-state index contributed by atoms with van der Waals surface area (Å²) >= 11 is 0. The fraction of sp³-hybridized carbons (Fsp3) is 0.455. The van der Waals surface area contributed by atoms with Crippen LogP contribution in [0.1, 0.15) is 12.5 Å². The van der Waals surface area contributed by atoms with E-state index in [2.05, 4.69) is 16.9 Å². The van der Waals surface area contributed by atoms with Gasteiger partial charge in [-0.3, -0.25) is 4.57 Å². The molecule has 6 heteroatoms. The summed E-state index contributed by atoms with van der Waals surface area (Å²) in [6, 6.07) is 1.58. The van der Waals surface area contributed by atoms with Gasteiger partial charge in [0.15, 0.2) is 0 Å². The standard InChI is InChI=1S/C11H17N5O/c1-7(12)8-2-4-14-6-9(8)16-5-3-10(13)15-11(16)17/h3,5,8-9,14H,1-2,4,6,12H2,(H2,13,15,17). The van der Waals surface area contributed by atoms with Crippen LogP contribution < -0.4 is 22.5 Å². The average molecular weight is 235 g/mol. The van der Waals surface area contributed by atoms with E-state index < -0.39 is 0 Å². The molecule has 1 aromatic heterocycles. The Kier molecular flexibility index (Phi) is 3.14. The van der Waals surface area contributed by atoms with Gasteiger partial charge in [-0.25, -0.2) is 4.79 Å². The zero-order valence-corrected chi connectivity index (χ0v) is 9.60. The van der Waals surface area contributed by atoms with Crippen LogP contribution in [-0.4, -0.2) is 22.6 Å². The minimum atomic E-state index is -0.343. The van der Waals surface area contributed by atoms with Crippen LogP contribution in [0.15, 0.2) is 29.3 Å². The van der Waals surface area contributed by atoms with E-state index in [4.69, 9.17) is 11.5 Å². The number of anilines is 1. The van der Waals surface area contributed by atoms with Crippen molar-refractivity contribution < 1.29 is 0 Å². The third-order valence-corrected chi connectivity index (χ3v) is 3.14. The summed E-state index contributed by atoms with van der Waals surface area (Å²) < 4.78 is 1.57. The van der Waals surface area contributed by atoms with Crippen molar-refractivity contribution in [1.29, 1.82) is 0 Å². The van der Waals surface area contributed by atoms with E-state index in [0.717, 1.165) is 13.0 Å². The van der Waals surface area contributed by atoms with Crippen LogP contribution in [0.5, 0.6) is 0 Å². The first-order valence-corrected chi connectivity index (χ1v) is 5.59. The molecule has 1 aliphatic rings. The third-order valence-electron chi connectivity index (χ3n) is 3.14. The van der Waals surface area contributed by atoms with Crippen molar-refractivity contribution in [2.75, 3.05) is 18.8 Å². The molecule has 6 nitrogen and oxygen atoms in total. The maximum atomic E-state index is 11.8. The van der Waals surface area contributed by atoms with Crippen LogP contribution in [0.4, 0.5) is 5.82 Å². The lowest BCUT2D eigenvalue weighted by Crippen LogP contribution is -2.43. The Morgan fingerprint density at radius 1 is 1.65 bits per heavy atom. The first-order chi connectivity index (χ1) is 8.09. The van der Waals surface area contributed by atoms with E-state index in [1.807, 2.05) is 0 Å². The van der Waals surface area contributed by atoms with Crippen LogP contribution in [0, 0.1) is 5.92 Å². The van der Waals surface area contributed by atoms with Crippen molar-refractivity contribution in [3.63, 3.8) is 0 Å². The maximum Gasteiger partial charge on any atom is 0.349 e. The molecule has 0 radical (unpaired) electrons. The lowest BCUT2D eigenvalue weighted by Gasteiger charge is -2.33. The average Bonchev–Trinajstić information content (AvgIpc) is 2.29. The van der Waals surface area contributed by atoms with Gasteiger partial charge in [-0.2, -0.15) is 4.98 Å². The first-order valence-electron chi connectivity index (χ1n) is 5.59. The van der Waals surface area contributed by atoms with Gasteiger partial charge in [-0.05, 0) is 19.0 Å². The molecule has 0 bridgehead atoms. The topological polar surface area (TPSA) is 99.0 Å². The summed E-state index contributed by atoms with van der Waals surface area (Å²) in [5.41, 5.74) is 11.5. The zero-order valence-electron chi connectivity index (χ0n) is 9.60. The second kappa shape index (κ2) is 4.58. The number of hydrogen-bond acceptors (Lipinski definition) is 5. The van der Waals surface area contributed by atoms with Crippen molar-refractivity contribution in [2.24, 2.45) is 11.7 Å². The molecule has 1 aliphatic heterocycles. The van der Waals surface area contributed by atoms with E-state index in [0.29, 0.717) is 12.2 Å². The van der Waals surface area contributed by atoms with E-state index in [-0.39, 0.29) is 23.5 Å². The van der Waals surface area contributed by atoms with Gasteiger partial charge in [0.05, 0.1) is 6.04 Å². The van der Waals surface area contributed by atoms with E-state index in [9.17, 15) is 4.79 Å². The lowest BCUT2D eigenvalue weighted by atomic mass is 9.90. The fourth-order valence-electron chi connectivity index (χ4n) is 2.25. The van der Waals surface area contributed by atoms with Crippen LogP contribution >= 0.6 is 0 Å². The Morgan fingerprint density at radius 3 is 3.06 bits per heavy atom. The van der Waals surface area contributed by atoms with Crippen molar-refractivity contribution in [2.45, 2.75) is 12.5 Å². The number of piperidine rings is 1. The van der Waals surface area contributed by atoms with Crippen molar-refractivity contribution in [3.8, 4) is 0 Å². The molecule has 17 heavy (non-hydrogen) atoms. The number of nitrogen functional groups attached to an aromatic ring is 1. The molecule has 0 aromatic carbocycles. The van der Waals surface area contributed by atoms with Crippen molar-refractivity contribution >= 4 is 5.82 Å². The minimum absolute atomic E-state index is 0.0400. The molecular formula is C11H17N5O. The second-order valence-corrected chi connectivity index (χ2v) is 4.28. The Bertz CT molecular complexity index is 481. The highest BCUT2D eigenvalue weighted by atomic mass is 16.1. The molecule has 92 valence electrons. The van der Waals surface area contributed by atoms with Gasteiger partial charge in [0.25, 0.3) is 0 Å². The normalized spacial score (nSPS) is 24.5. The molecule has 5 N–H and O–H groups in total. The number of allylic oxidation sites excluding steroid dienone is 1. The highest BCUT2D eigenvalue weighted by Gasteiger charge is 2.28. The highest BCUT2D eigenvalue weighted by molar-refractivity contribution is 5.24. The third kappa shape index (κ3) is 2.31. The van der Waals surface area contributed by atoms with Gasteiger partial charge < -0.3 is 16.8 Å². The number of nitrogens with two attached hydrogens (primary N) is 2. The molecule has 2 atom stereocenters. The number of hydrogen-bond donors (Lipinski definition) is 3. The Hall–Kier alpha value is -1.82. The Labute approximate surface area is 99.3 Å². The van der Waals surface area contributed by atoms with E-state index in [1.54, 1.807) is 16.8 Å². The number of nitrogens with one attached hydrogen (secondary N) is 1. The molecule has 0 amide bonds. The van der Waals surface area contributed by atoms with Crippen LogP contribution in [-0.2, 0) is 0 Å². The molecule has 0 spiro atoms. The summed E-state index contributed by atoms with van der Waals surface area (Å²) in [6.07, 6.45) is 2.54. The lowest BCUT2D eigenvalue weighted by molar-refractivity contribution is 0.280. The second-order valence-electron chi connectivity index (χ2n) is 4.28. The summed E-state index contributed by atoms with van der Waals surface area (Å²) in [5.74, 6) is 0.331. The predicted molar refractivity (Wildman–Crippen MR) is 66.3 cm³/mol. The summed E-state index contributed by atoms with van der Waals surface area (Å²) in [5, 5.41) is 3.24. The number of aromatic nitrogens is 2. The highest BCUT2D eigenvalue weighted by Crippen LogP contribution is 2.26. The van der Waals surface area contributed by atoms with Crippen LogP contribution in [0.2, 0.25) is 0 Å². The van der Waals surface area contributed by atoms with Gasteiger partial charge in [0.2, 0.25) is 0 Å². The summed E-state index contributed by atoms with van der Waals surface area (Å²) in [6.45, 7) is 5.36.